The number of rotatable bonds is 6. The topological polar surface area (TPSA) is 69.0 Å². The van der Waals surface area contributed by atoms with Gasteiger partial charge in [0.2, 0.25) is 5.91 Å². The predicted molar refractivity (Wildman–Crippen MR) is 99.4 cm³/mol. The number of hydrogen-bond donors (Lipinski definition) is 1. The van der Waals surface area contributed by atoms with E-state index in [0.29, 0.717) is 0 Å². The Morgan fingerprint density at radius 1 is 1.23 bits per heavy atom. The Kier molecular flexibility index (Phi) is 5.31. The van der Waals surface area contributed by atoms with Crippen molar-refractivity contribution in [2.45, 2.75) is 26.3 Å². The first-order chi connectivity index (χ1) is 12.6. The molecule has 0 saturated carbocycles. The highest BCUT2D eigenvalue weighted by Gasteiger charge is 2.13. The van der Waals surface area contributed by atoms with Gasteiger partial charge in [-0.25, -0.2) is 9.67 Å². The lowest BCUT2D eigenvalue weighted by Crippen LogP contribution is -2.28. The fourth-order valence-corrected chi connectivity index (χ4v) is 2.85. The van der Waals surface area contributed by atoms with Crippen molar-refractivity contribution < 1.29 is 9.53 Å². The van der Waals surface area contributed by atoms with Crippen molar-refractivity contribution in [1.29, 1.82) is 0 Å². The van der Waals surface area contributed by atoms with Crippen molar-refractivity contribution in [2.24, 2.45) is 0 Å². The van der Waals surface area contributed by atoms with E-state index in [1.54, 1.807) is 18.1 Å². The molecule has 1 heterocycles. The number of hydrogen-bond acceptors (Lipinski definition) is 4. The van der Waals surface area contributed by atoms with Gasteiger partial charge in [-0.05, 0) is 37.6 Å². The first-order valence-corrected chi connectivity index (χ1v) is 8.44. The maximum Gasteiger partial charge on any atom is 0.225 e. The molecule has 0 aliphatic heterocycles. The summed E-state index contributed by atoms with van der Waals surface area (Å²) >= 11 is 0. The monoisotopic (exact) mass is 350 g/mol. The van der Waals surface area contributed by atoms with Crippen molar-refractivity contribution in [2.75, 3.05) is 7.11 Å². The van der Waals surface area contributed by atoms with Gasteiger partial charge in [-0.2, -0.15) is 5.10 Å². The summed E-state index contributed by atoms with van der Waals surface area (Å²) in [5, 5.41) is 7.14. The molecule has 1 atom stereocenters. The number of benzene rings is 2. The molecule has 0 saturated heterocycles. The van der Waals surface area contributed by atoms with Crippen LogP contribution in [0, 0.1) is 6.92 Å². The molecule has 0 radical (unpaired) electrons. The molecule has 0 aliphatic rings. The highest BCUT2D eigenvalue weighted by atomic mass is 16.5. The zero-order valence-electron chi connectivity index (χ0n) is 15.1. The number of nitrogens with one attached hydrogen (secondary N) is 1. The maximum atomic E-state index is 12.4. The summed E-state index contributed by atoms with van der Waals surface area (Å²) in [6.07, 6.45) is 3.43. The second-order valence-electron chi connectivity index (χ2n) is 6.21. The van der Waals surface area contributed by atoms with Crippen molar-refractivity contribution in [3.05, 3.63) is 71.8 Å². The van der Waals surface area contributed by atoms with E-state index in [1.807, 2.05) is 56.3 Å². The Balaban J connectivity index is 1.65. The van der Waals surface area contributed by atoms with Crippen molar-refractivity contribution in [3.63, 3.8) is 0 Å². The maximum absolute atomic E-state index is 12.4. The Morgan fingerprint density at radius 2 is 2.00 bits per heavy atom. The number of aromatic nitrogens is 3. The van der Waals surface area contributed by atoms with Crippen LogP contribution in [-0.2, 0) is 11.2 Å². The molecule has 0 spiro atoms. The van der Waals surface area contributed by atoms with E-state index in [9.17, 15) is 4.79 Å². The van der Waals surface area contributed by atoms with E-state index in [4.69, 9.17) is 4.74 Å². The summed E-state index contributed by atoms with van der Waals surface area (Å²) in [4.78, 5) is 16.4. The smallest absolute Gasteiger partial charge is 0.225 e. The van der Waals surface area contributed by atoms with Gasteiger partial charge in [-0.3, -0.25) is 4.79 Å². The second kappa shape index (κ2) is 7.82. The van der Waals surface area contributed by atoms with Gasteiger partial charge in [0.05, 0.1) is 25.3 Å². The largest absolute Gasteiger partial charge is 0.496 e. The number of amides is 1. The third-order valence-corrected chi connectivity index (χ3v) is 4.24. The van der Waals surface area contributed by atoms with Crippen LogP contribution in [0.5, 0.6) is 5.75 Å². The van der Waals surface area contributed by atoms with Crippen molar-refractivity contribution >= 4 is 5.91 Å². The summed E-state index contributed by atoms with van der Waals surface area (Å²) in [5.41, 5.74) is 3.94. The Morgan fingerprint density at radius 3 is 2.65 bits per heavy atom. The van der Waals surface area contributed by atoms with E-state index in [-0.39, 0.29) is 18.4 Å². The minimum atomic E-state index is -0.0944. The number of carbonyl (C=O) groups excluding carboxylic acids is 1. The van der Waals surface area contributed by atoms with Crippen molar-refractivity contribution in [1.82, 2.24) is 20.1 Å². The zero-order valence-corrected chi connectivity index (χ0v) is 15.1. The van der Waals surface area contributed by atoms with Crippen LogP contribution in [0.15, 0.2) is 55.1 Å². The van der Waals surface area contributed by atoms with E-state index in [2.05, 4.69) is 15.4 Å². The average Bonchev–Trinajstić information content (AvgIpc) is 3.16. The normalized spacial score (nSPS) is 11.8. The molecule has 134 valence electrons. The first-order valence-electron chi connectivity index (χ1n) is 8.44. The van der Waals surface area contributed by atoms with Crippen LogP contribution < -0.4 is 10.1 Å². The van der Waals surface area contributed by atoms with Crippen LogP contribution in [-0.4, -0.2) is 27.8 Å². The highest BCUT2D eigenvalue weighted by molar-refractivity contribution is 5.79. The molecule has 26 heavy (non-hydrogen) atoms. The number of aryl methyl sites for hydroxylation is 1. The molecule has 2 aromatic carbocycles. The Labute approximate surface area is 152 Å². The summed E-state index contributed by atoms with van der Waals surface area (Å²) in [6.45, 7) is 3.97. The Hall–Kier alpha value is -3.15. The van der Waals surface area contributed by atoms with Gasteiger partial charge in [-0.1, -0.05) is 29.8 Å². The third-order valence-electron chi connectivity index (χ3n) is 4.24. The lowest BCUT2D eigenvalue weighted by atomic mass is 10.1. The molecule has 1 aromatic heterocycles. The molecule has 0 unspecified atom stereocenters. The van der Waals surface area contributed by atoms with Crippen LogP contribution in [0.2, 0.25) is 0 Å². The molecule has 3 rings (SSSR count). The molecule has 6 heteroatoms. The number of methoxy groups -OCH3 is 1. The van der Waals surface area contributed by atoms with Gasteiger partial charge in [0.15, 0.2) is 0 Å². The molecule has 3 aromatic rings. The summed E-state index contributed by atoms with van der Waals surface area (Å²) in [6, 6.07) is 13.6. The van der Waals surface area contributed by atoms with Crippen LogP contribution in [0.25, 0.3) is 5.69 Å². The molecule has 1 N–H and O–H groups in total. The van der Waals surface area contributed by atoms with Crippen molar-refractivity contribution in [3.8, 4) is 11.4 Å². The lowest BCUT2D eigenvalue weighted by Gasteiger charge is -2.16. The van der Waals surface area contributed by atoms with E-state index < -0.39 is 0 Å². The van der Waals surface area contributed by atoms with E-state index in [1.165, 1.54) is 6.33 Å². The standard InChI is InChI=1S/C20H22N4O2/c1-14-4-9-19(26-3)17(10-14)11-20(25)23-15(2)16-5-7-18(8-6-16)24-13-21-12-22-24/h4-10,12-13,15H,11H2,1-3H3,(H,23,25)/t15-/m0/s1. The minimum Gasteiger partial charge on any atom is -0.496 e. The van der Waals surface area contributed by atoms with Gasteiger partial charge >= 0.3 is 0 Å². The van der Waals surface area contributed by atoms with Gasteiger partial charge in [-0.15, -0.1) is 0 Å². The quantitative estimate of drug-likeness (QED) is 0.742. The van der Waals surface area contributed by atoms with Crippen LogP contribution >= 0.6 is 0 Å². The molecule has 0 fully saturated rings. The fraction of sp³-hybridized carbons (Fsp3) is 0.250. The average molecular weight is 350 g/mol. The molecule has 6 nitrogen and oxygen atoms in total. The summed E-state index contributed by atoms with van der Waals surface area (Å²) < 4.78 is 7.04. The van der Waals surface area contributed by atoms with Crippen LogP contribution in [0.4, 0.5) is 0 Å². The summed E-state index contributed by atoms with van der Waals surface area (Å²) in [7, 11) is 1.62. The van der Waals surface area contributed by atoms with Crippen LogP contribution in [0.3, 0.4) is 0 Å². The van der Waals surface area contributed by atoms with Gasteiger partial charge in [0.1, 0.15) is 18.4 Å². The third kappa shape index (κ3) is 4.08. The van der Waals surface area contributed by atoms with Gasteiger partial charge in [0, 0.05) is 5.56 Å². The molecule has 0 bridgehead atoms. The number of nitrogens with zero attached hydrogens (tertiary/aromatic N) is 3. The SMILES string of the molecule is COc1ccc(C)cc1CC(=O)N[C@@H](C)c1ccc(-n2cncn2)cc1. The fourth-order valence-electron chi connectivity index (χ4n) is 2.85. The summed E-state index contributed by atoms with van der Waals surface area (Å²) in [5.74, 6) is 0.692. The van der Waals surface area contributed by atoms with Gasteiger partial charge < -0.3 is 10.1 Å². The molecular weight excluding hydrogens is 328 g/mol. The second-order valence-corrected chi connectivity index (χ2v) is 6.21. The Bertz CT molecular complexity index is 873. The zero-order chi connectivity index (χ0) is 18.5. The first kappa shape index (κ1) is 17.7. The molecule has 0 aliphatic carbocycles. The molecular formula is C20H22N4O2. The van der Waals surface area contributed by atoms with Gasteiger partial charge in [0.25, 0.3) is 0 Å². The van der Waals surface area contributed by atoms with E-state index in [0.717, 1.165) is 28.1 Å². The molecule has 1 amide bonds. The highest BCUT2D eigenvalue weighted by Crippen LogP contribution is 2.21. The lowest BCUT2D eigenvalue weighted by molar-refractivity contribution is -0.121. The van der Waals surface area contributed by atoms with E-state index >= 15 is 0 Å². The minimum absolute atomic E-state index is 0.0400. The van der Waals surface area contributed by atoms with Crippen LogP contribution in [0.1, 0.15) is 29.7 Å². The number of carbonyl (C=O) groups is 1. The predicted octanol–water partition coefficient (Wildman–Crippen LogP) is 3.00. The number of ether oxygens (including phenoxy) is 1.